The van der Waals surface area contributed by atoms with Gasteiger partial charge in [0.2, 0.25) is 0 Å². The number of hydrogen-bond donors (Lipinski definition) is 1. The summed E-state index contributed by atoms with van der Waals surface area (Å²) in [4.78, 5) is 2.39. The Bertz CT molecular complexity index is 510. The molecule has 1 heterocycles. The number of fused-ring (bicyclic) bond motifs is 1. The highest BCUT2D eigenvalue weighted by Gasteiger charge is 2.35. The summed E-state index contributed by atoms with van der Waals surface area (Å²) in [6.45, 7) is 2.64. The molecule has 0 aromatic heterocycles. The SMILES string of the molecule is CN(C)C1(CNCc2cc(Cl)cc3c2OCC3)CCCC1. The fourth-order valence-electron chi connectivity index (χ4n) is 3.72. The summed E-state index contributed by atoms with van der Waals surface area (Å²) < 4.78 is 5.77. The van der Waals surface area contributed by atoms with Crippen LogP contribution in [0.25, 0.3) is 0 Å². The lowest BCUT2D eigenvalue weighted by molar-refractivity contribution is 0.153. The number of nitrogens with one attached hydrogen (secondary N) is 1. The largest absolute Gasteiger partial charge is 0.493 e. The van der Waals surface area contributed by atoms with Gasteiger partial charge in [-0.2, -0.15) is 0 Å². The second-order valence-corrected chi connectivity index (χ2v) is 7.02. The van der Waals surface area contributed by atoms with Crippen LogP contribution in [0, 0.1) is 0 Å². The molecule has 3 rings (SSSR count). The molecule has 1 saturated carbocycles. The standard InChI is InChI=1S/C17H25ClN2O/c1-20(2)17(6-3-4-7-17)12-19-11-14-10-15(18)9-13-5-8-21-16(13)14/h9-10,19H,3-8,11-12H2,1-2H3. The zero-order valence-corrected chi connectivity index (χ0v) is 13.8. The summed E-state index contributed by atoms with van der Waals surface area (Å²) in [6.07, 6.45) is 6.24. The maximum Gasteiger partial charge on any atom is 0.127 e. The van der Waals surface area contributed by atoms with Crippen LogP contribution in [0.15, 0.2) is 12.1 Å². The number of halogens is 1. The highest BCUT2D eigenvalue weighted by Crippen LogP contribution is 2.35. The van der Waals surface area contributed by atoms with Crippen molar-refractivity contribution in [3.05, 3.63) is 28.3 Å². The highest BCUT2D eigenvalue weighted by atomic mass is 35.5. The van der Waals surface area contributed by atoms with E-state index >= 15 is 0 Å². The van der Waals surface area contributed by atoms with Crippen molar-refractivity contribution in [2.75, 3.05) is 27.2 Å². The van der Waals surface area contributed by atoms with Crippen molar-refractivity contribution < 1.29 is 4.74 Å². The molecule has 0 radical (unpaired) electrons. The maximum atomic E-state index is 6.22. The quantitative estimate of drug-likeness (QED) is 0.904. The number of hydrogen-bond acceptors (Lipinski definition) is 3. The Labute approximate surface area is 132 Å². The minimum atomic E-state index is 0.322. The first-order valence-electron chi connectivity index (χ1n) is 7.93. The molecule has 1 aromatic rings. The van der Waals surface area contributed by atoms with Crippen LogP contribution >= 0.6 is 11.6 Å². The summed E-state index contributed by atoms with van der Waals surface area (Å²) in [5.74, 6) is 1.05. The Hall–Kier alpha value is -0.770. The van der Waals surface area contributed by atoms with Gasteiger partial charge in [-0.15, -0.1) is 0 Å². The smallest absolute Gasteiger partial charge is 0.127 e. The van der Waals surface area contributed by atoms with Crippen molar-refractivity contribution in [3.63, 3.8) is 0 Å². The van der Waals surface area contributed by atoms with Crippen LogP contribution in [0.1, 0.15) is 36.8 Å². The molecule has 0 amide bonds. The van der Waals surface area contributed by atoms with Crippen LogP contribution in [0.4, 0.5) is 0 Å². The minimum Gasteiger partial charge on any atom is -0.493 e. The van der Waals surface area contributed by atoms with E-state index in [0.717, 1.165) is 36.9 Å². The van der Waals surface area contributed by atoms with Crippen molar-refractivity contribution in [3.8, 4) is 5.75 Å². The molecule has 0 bridgehead atoms. The summed E-state index contributed by atoms with van der Waals surface area (Å²) in [5.41, 5.74) is 2.77. The van der Waals surface area contributed by atoms with Crippen LogP contribution in [-0.2, 0) is 13.0 Å². The van der Waals surface area contributed by atoms with Gasteiger partial charge in [-0.1, -0.05) is 24.4 Å². The van der Waals surface area contributed by atoms with Gasteiger partial charge in [-0.25, -0.2) is 0 Å². The van der Waals surface area contributed by atoms with Crippen molar-refractivity contribution in [2.24, 2.45) is 0 Å². The van der Waals surface area contributed by atoms with Crippen LogP contribution in [0.3, 0.4) is 0 Å². The third kappa shape index (κ3) is 3.05. The first-order valence-corrected chi connectivity index (χ1v) is 8.31. The predicted molar refractivity (Wildman–Crippen MR) is 87.2 cm³/mol. The molecule has 1 aromatic carbocycles. The highest BCUT2D eigenvalue weighted by molar-refractivity contribution is 6.30. The first kappa shape index (κ1) is 15.1. The third-order valence-corrected chi connectivity index (χ3v) is 5.30. The number of rotatable bonds is 5. The van der Waals surface area contributed by atoms with Crippen molar-refractivity contribution in [1.29, 1.82) is 0 Å². The molecule has 2 aliphatic rings. The second-order valence-electron chi connectivity index (χ2n) is 6.58. The fourth-order valence-corrected chi connectivity index (χ4v) is 3.99. The summed E-state index contributed by atoms with van der Waals surface area (Å²) in [5, 5.41) is 4.46. The summed E-state index contributed by atoms with van der Waals surface area (Å²) in [6, 6.07) is 4.07. The van der Waals surface area contributed by atoms with Crippen molar-refractivity contribution in [1.82, 2.24) is 10.2 Å². The molecule has 0 saturated heterocycles. The van der Waals surface area contributed by atoms with Crippen molar-refractivity contribution in [2.45, 2.75) is 44.2 Å². The number of likely N-dealkylation sites (N-methyl/N-ethyl adjacent to an activating group) is 1. The number of nitrogens with zero attached hydrogens (tertiary/aromatic N) is 1. The maximum absolute atomic E-state index is 6.22. The zero-order chi connectivity index (χ0) is 14.9. The van der Waals surface area contributed by atoms with Gasteiger partial charge in [-0.3, -0.25) is 0 Å². The minimum absolute atomic E-state index is 0.322. The van der Waals surface area contributed by atoms with Crippen LogP contribution in [0.5, 0.6) is 5.75 Å². The van der Waals surface area contributed by atoms with E-state index in [1.165, 1.54) is 36.8 Å². The third-order valence-electron chi connectivity index (χ3n) is 5.08. The Morgan fingerprint density at radius 2 is 2.05 bits per heavy atom. The van der Waals surface area contributed by atoms with E-state index in [2.05, 4.69) is 24.3 Å². The van der Waals surface area contributed by atoms with Crippen LogP contribution in [-0.4, -0.2) is 37.7 Å². The van der Waals surface area contributed by atoms with Gasteiger partial charge < -0.3 is 15.0 Å². The Kier molecular flexibility index (Phi) is 4.43. The van der Waals surface area contributed by atoms with Gasteiger partial charge in [0.15, 0.2) is 0 Å². The molecule has 3 nitrogen and oxygen atoms in total. The van der Waals surface area contributed by atoms with E-state index < -0.39 is 0 Å². The van der Waals surface area contributed by atoms with E-state index in [1.54, 1.807) is 0 Å². The van der Waals surface area contributed by atoms with Crippen LogP contribution in [0.2, 0.25) is 5.02 Å². The molecule has 1 aliphatic carbocycles. The van der Waals surface area contributed by atoms with E-state index in [9.17, 15) is 0 Å². The van der Waals surface area contributed by atoms with Gasteiger partial charge in [0.05, 0.1) is 6.61 Å². The predicted octanol–water partition coefficient (Wildman–Crippen LogP) is 3.24. The van der Waals surface area contributed by atoms with Gasteiger partial charge in [0, 0.05) is 35.6 Å². The van der Waals surface area contributed by atoms with Gasteiger partial charge >= 0.3 is 0 Å². The first-order chi connectivity index (χ1) is 10.1. The number of ether oxygens (including phenoxy) is 1. The Morgan fingerprint density at radius 1 is 1.29 bits per heavy atom. The normalized spacial score (nSPS) is 19.8. The average molecular weight is 309 g/mol. The van der Waals surface area contributed by atoms with Gasteiger partial charge in [0.1, 0.15) is 5.75 Å². The molecule has 1 aliphatic heterocycles. The monoisotopic (exact) mass is 308 g/mol. The molecule has 0 atom stereocenters. The second kappa shape index (κ2) is 6.15. The Balaban J connectivity index is 1.66. The van der Waals surface area contributed by atoms with E-state index in [-0.39, 0.29) is 0 Å². The van der Waals surface area contributed by atoms with Crippen LogP contribution < -0.4 is 10.1 Å². The molecular formula is C17H25ClN2O. The summed E-state index contributed by atoms with van der Waals surface area (Å²) in [7, 11) is 4.40. The van der Waals surface area contributed by atoms with Gasteiger partial charge in [-0.05, 0) is 44.6 Å². The van der Waals surface area contributed by atoms with E-state index in [4.69, 9.17) is 16.3 Å². The molecule has 0 spiro atoms. The summed E-state index contributed by atoms with van der Waals surface area (Å²) >= 11 is 6.22. The number of benzene rings is 1. The van der Waals surface area contributed by atoms with Gasteiger partial charge in [0.25, 0.3) is 0 Å². The lowest BCUT2D eigenvalue weighted by Crippen LogP contribution is -2.49. The lowest BCUT2D eigenvalue weighted by Gasteiger charge is -2.36. The molecule has 116 valence electrons. The molecule has 21 heavy (non-hydrogen) atoms. The Morgan fingerprint density at radius 3 is 2.76 bits per heavy atom. The molecule has 1 N–H and O–H groups in total. The topological polar surface area (TPSA) is 24.5 Å². The molecular weight excluding hydrogens is 284 g/mol. The van der Waals surface area contributed by atoms with E-state index in [1.807, 2.05) is 12.1 Å². The zero-order valence-electron chi connectivity index (χ0n) is 13.0. The lowest BCUT2D eigenvalue weighted by atomic mass is 9.96. The molecule has 4 heteroatoms. The van der Waals surface area contributed by atoms with Crippen molar-refractivity contribution >= 4 is 11.6 Å². The fraction of sp³-hybridized carbons (Fsp3) is 0.647. The van der Waals surface area contributed by atoms with E-state index in [0.29, 0.717) is 5.54 Å². The average Bonchev–Trinajstić information content (AvgIpc) is 3.07. The molecule has 0 unspecified atom stereocenters. The molecule has 1 fully saturated rings.